The van der Waals surface area contributed by atoms with Crippen LogP contribution in [-0.2, 0) is 57.1 Å². The summed E-state index contributed by atoms with van der Waals surface area (Å²) < 4.78 is 60.3. The molecule has 0 atom stereocenters. The fourth-order valence-corrected chi connectivity index (χ4v) is 4.54. The molecule has 51 heavy (non-hydrogen) atoms. The fourth-order valence-electron chi connectivity index (χ4n) is 4.54. The molecule has 3 aromatic rings. The van der Waals surface area contributed by atoms with Crippen molar-refractivity contribution >= 4 is 39.7 Å². The second-order valence-electron chi connectivity index (χ2n) is 10.8. The normalized spacial score (nSPS) is 13.2. The van der Waals surface area contributed by atoms with E-state index in [2.05, 4.69) is 0 Å². The number of imide groups is 1. The molecule has 2 aromatic heterocycles. The molecule has 1 aromatic carbocycles. The molecular weight excluding hydrogens is 678 g/mol. The summed E-state index contributed by atoms with van der Waals surface area (Å²) in [5.41, 5.74) is 0.388. The maximum Gasteiger partial charge on any atom is 0.336 e. The quantitative estimate of drug-likeness (QED) is 0.0574. The molecule has 0 saturated carbocycles. The van der Waals surface area contributed by atoms with Crippen molar-refractivity contribution in [2.75, 3.05) is 112 Å². The average Bonchev–Trinajstić information content (AvgIpc) is 3.72. The number of hydroxylamine groups is 2. The van der Waals surface area contributed by atoms with E-state index in [1.54, 1.807) is 12.3 Å². The van der Waals surface area contributed by atoms with E-state index in [1.807, 2.05) is 12.1 Å². The first-order chi connectivity index (χ1) is 25.0. The lowest BCUT2D eigenvalue weighted by atomic mass is 10.1. The monoisotopic (exact) mass is 723 g/mol. The van der Waals surface area contributed by atoms with Gasteiger partial charge in [-0.2, -0.15) is 0 Å². The summed E-state index contributed by atoms with van der Waals surface area (Å²) >= 11 is 0. The fraction of sp³-hybridized carbons (Fsp3) is 0.588. The third-order valence-corrected chi connectivity index (χ3v) is 7.01. The number of hydrogen-bond donors (Lipinski definition) is 0. The van der Waals surface area contributed by atoms with Crippen LogP contribution in [-0.4, -0.2) is 135 Å². The number of carbonyl (C=O) groups is 3. The summed E-state index contributed by atoms with van der Waals surface area (Å²) in [4.78, 5) is 50.9. The number of rotatable bonds is 29. The lowest BCUT2D eigenvalue weighted by Crippen LogP contribution is -2.32. The number of hydrogen-bond acceptors (Lipinski definition) is 16. The average molecular weight is 724 g/mol. The van der Waals surface area contributed by atoms with E-state index < -0.39 is 23.4 Å². The molecule has 1 aliphatic heterocycles. The first-order valence-electron chi connectivity index (χ1n) is 16.8. The van der Waals surface area contributed by atoms with Gasteiger partial charge in [0.1, 0.15) is 6.61 Å². The number of nitrogens with zero attached hydrogens (tertiary/aromatic N) is 1. The highest BCUT2D eigenvalue weighted by molar-refractivity contribution is 6.01. The Morgan fingerprint density at radius 1 is 0.569 bits per heavy atom. The molecule has 4 rings (SSSR count). The minimum absolute atomic E-state index is 0.0539. The zero-order chi connectivity index (χ0) is 35.9. The highest BCUT2D eigenvalue weighted by atomic mass is 16.7. The SMILES string of the molecule is O=C(CCOCCOCCOCCOCCOCCOCCOCCOCCOc1c2occc2cc2ccc(=O)oc12)ON1C(=O)CCC1=O. The van der Waals surface area contributed by atoms with Gasteiger partial charge in [-0.25, -0.2) is 9.59 Å². The minimum Gasteiger partial charge on any atom is -0.484 e. The van der Waals surface area contributed by atoms with E-state index in [1.165, 1.54) is 6.07 Å². The van der Waals surface area contributed by atoms with Crippen LogP contribution in [0.1, 0.15) is 19.3 Å². The van der Waals surface area contributed by atoms with Gasteiger partial charge in [-0.3, -0.25) is 9.59 Å². The molecule has 0 N–H and O–H groups in total. The number of fused-ring (bicyclic) bond motifs is 2. The van der Waals surface area contributed by atoms with Crippen molar-refractivity contribution in [1.29, 1.82) is 0 Å². The van der Waals surface area contributed by atoms with E-state index >= 15 is 0 Å². The Kier molecular flexibility index (Phi) is 18.4. The number of carbonyl (C=O) groups excluding carboxylic acids is 3. The minimum atomic E-state index is -0.705. The maximum absolute atomic E-state index is 11.7. The Balaban J connectivity index is 0.831. The summed E-state index contributed by atoms with van der Waals surface area (Å²) in [6.07, 6.45) is 1.58. The van der Waals surface area contributed by atoms with Gasteiger partial charge >= 0.3 is 11.6 Å². The smallest absolute Gasteiger partial charge is 0.336 e. The molecule has 282 valence electrons. The first-order valence-corrected chi connectivity index (χ1v) is 16.8. The standard InChI is InChI=1S/C34H45NO16/c36-28-2-3-29(37)35(28)51-31(39)6-7-40-9-10-41-11-12-42-13-14-43-15-16-44-17-18-45-19-20-46-21-22-47-23-24-49-34-32-27(5-8-48-32)25-26-1-4-30(38)50-33(26)34/h1,4-5,8,25H,2-3,6-7,9-24H2. The molecule has 17 heteroatoms. The van der Waals surface area contributed by atoms with Crippen molar-refractivity contribution in [3.63, 3.8) is 0 Å². The van der Waals surface area contributed by atoms with Crippen molar-refractivity contribution in [2.24, 2.45) is 0 Å². The maximum atomic E-state index is 11.7. The van der Waals surface area contributed by atoms with Gasteiger partial charge in [0, 0.05) is 29.7 Å². The molecule has 1 saturated heterocycles. The Morgan fingerprint density at radius 2 is 1.02 bits per heavy atom. The van der Waals surface area contributed by atoms with Gasteiger partial charge in [-0.05, 0) is 18.2 Å². The van der Waals surface area contributed by atoms with Crippen LogP contribution in [0.4, 0.5) is 0 Å². The van der Waals surface area contributed by atoms with E-state index in [9.17, 15) is 19.2 Å². The predicted molar refractivity (Wildman–Crippen MR) is 176 cm³/mol. The van der Waals surface area contributed by atoms with Crippen molar-refractivity contribution in [2.45, 2.75) is 19.3 Å². The number of benzene rings is 1. The van der Waals surface area contributed by atoms with Gasteiger partial charge in [-0.1, -0.05) is 0 Å². The van der Waals surface area contributed by atoms with E-state index in [4.69, 9.17) is 56.3 Å². The van der Waals surface area contributed by atoms with Gasteiger partial charge in [0.2, 0.25) is 5.75 Å². The third kappa shape index (κ3) is 14.7. The van der Waals surface area contributed by atoms with Gasteiger partial charge < -0.3 is 56.3 Å². The third-order valence-electron chi connectivity index (χ3n) is 7.01. The predicted octanol–water partition coefficient (Wildman–Crippen LogP) is 2.05. The lowest BCUT2D eigenvalue weighted by Gasteiger charge is -2.12. The second-order valence-corrected chi connectivity index (χ2v) is 10.8. The van der Waals surface area contributed by atoms with Crippen LogP contribution in [0.2, 0.25) is 0 Å². The molecule has 2 amide bonds. The largest absolute Gasteiger partial charge is 0.484 e. The molecule has 3 heterocycles. The molecule has 0 bridgehead atoms. The summed E-state index contributed by atoms with van der Waals surface area (Å²) in [7, 11) is 0. The molecule has 1 fully saturated rings. The van der Waals surface area contributed by atoms with Gasteiger partial charge in [0.05, 0.1) is 118 Å². The second kappa shape index (κ2) is 23.5. The number of amides is 2. The molecule has 0 spiro atoms. The van der Waals surface area contributed by atoms with Gasteiger partial charge in [-0.15, -0.1) is 5.06 Å². The number of ether oxygens (including phenoxy) is 9. The van der Waals surface area contributed by atoms with Crippen LogP contribution in [0, 0.1) is 0 Å². The van der Waals surface area contributed by atoms with Crippen molar-refractivity contribution in [3.05, 3.63) is 40.9 Å². The first kappa shape index (κ1) is 39.8. The van der Waals surface area contributed by atoms with Crippen LogP contribution < -0.4 is 10.4 Å². The Hall–Kier alpha value is -3.94. The highest BCUT2D eigenvalue weighted by Crippen LogP contribution is 2.34. The van der Waals surface area contributed by atoms with E-state index in [0.29, 0.717) is 114 Å². The zero-order valence-corrected chi connectivity index (χ0v) is 28.5. The molecular formula is C34H45NO16. The van der Waals surface area contributed by atoms with Crippen LogP contribution in [0.25, 0.3) is 21.9 Å². The van der Waals surface area contributed by atoms with Gasteiger partial charge in [0.25, 0.3) is 11.8 Å². The number of furan rings is 1. The van der Waals surface area contributed by atoms with Crippen LogP contribution in [0.3, 0.4) is 0 Å². The van der Waals surface area contributed by atoms with Crippen LogP contribution in [0.5, 0.6) is 5.75 Å². The Bertz CT molecular complexity index is 1520. The van der Waals surface area contributed by atoms with E-state index in [-0.39, 0.29) is 39.1 Å². The molecule has 17 nitrogen and oxygen atoms in total. The molecule has 0 aliphatic carbocycles. The van der Waals surface area contributed by atoms with Crippen LogP contribution >= 0.6 is 0 Å². The summed E-state index contributed by atoms with van der Waals surface area (Å²) in [5, 5.41) is 2.11. The van der Waals surface area contributed by atoms with Gasteiger partial charge in [0.15, 0.2) is 11.2 Å². The molecule has 0 unspecified atom stereocenters. The lowest BCUT2D eigenvalue weighted by molar-refractivity contribution is -0.198. The Labute approximate surface area is 293 Å². The van der Waals surface area contributed by atoms with Crippen molar-refractivity contribution < 1.29 is 70.7 Å². The summed E-state index contributed by atoms with van der Waals surface area (Å²) in [5.74, 6) is -1.36. The Morgan fingerprint density at radius 3 is 1.53 bits per heavy atom. The topological polar surface area (TPSA) is 190 Å². The van der Waals surface area contributed by atoms with Crippen molar-refractivity contribution in [1.82, 2.24) is 5.06 Å². The molecule has 0 radical (unpaired) electrons. The zero-order valence-electron chi connectivity index (χ0n) is 28.5. The van der Waals surface area contributed by atoms with E-state index in [0.717, 1.165) is 10.8 Å². The van der Waals surface area contributed by atoms with Crippen LogP contribution in [0.15, 0.2) is 44.2 Å². The molecule has 1 aliphatic rings. The summed E-state index contributed by atoms with van der Waals surface area (Å²) in [6.45, 7) is 6.33. The summed E-state index contributed by atoms with van der Waals surface area (Å²) in [6, 6.07) is 6.75. The highest BCUT2D eigenvalue weighted by Gasteiger charge is 2.32. The van der Waals surface area contributed by atoms with Crippen molar-refractivity contribution in [3.8, 4) is 5.75 Å².